The van der Waals surface area contributed by atoms with Crippen LogP contribution < -0.4 is 0 Å². The molecule has 0 amide bonds. The van der Waals surface area contributed by atoms with Crippen molar-refractivity contribution in [1.29, 1.82) is 0 Å². The van der Waals surface area contributed by atoms with Crippen LogP contribution in [0.25, 0.3) is 0 Å². The summed E-state index contributed by atoms with van der Waals surface area (Å²) in [4.78, 5) is 23.4. The lowest BCUT2D eigenvalue weighted by Gasteiger charge is -2.17. The number of rotatable bonds is 6. The summed E-state index contributed by atoms with van der Waals surface area (Å²) >= 11 is 0. The molecule has 0 N–H and O–H groups in total. The second-order valence-corrected chi connectivity index (χ2v) is 4.59. The molecular weight excluding hydrogens is 192 g/mol. The third kappa shape index (κ3) is 3.65. The number of carbonyl (C=O) groups excluding carboxylic acids is 2. The average Bonchev–Trinajstić information content (AvgIpc) is 2.87. The Morgan fingerprint density at radius 3 is 2.33 bits per heavy atom. The van der Waals surface area contributed by atoms with E-state index < -0.39 is 5.92 Å². The van der Waals surface area contributed by atoms with Crippen molar-refractivity contribution >= 4 is 11.8 Å². The molecular formula is C12H20O3. The van der Waals surface area contributed by atoms with E-state index in [1.54, 1.807) is 6.92 Å². The van der Waals surface area contributed by atoms with Crippen molar-refractivity contribution in [3.8, 4) is 0 Å². The lowest BCUT2D eigenvalue weighted by atomic mass is 9.89. The van der Waals surface area contributed by atoms with E-state index in [9.17, 15) is 9.59 Å². The first-order chi connectivity index (χ1) is 7.06. The fraction of sp³-hybridized carbons (Fsp3) is 0.833. The van der Waals surface area contributed by atoms with E-state index in [4.69, 9.17) is 4.74 Å². The Morgan fingerprint density at radius 2 is 1.93 bits per heavy atom. The topological polar surface area (TPSA) is 43.4 Å². The highest BCUT2D eigenvalue weighted by atomic mass is 16.5. The maximum Gasteiger partial charge on any atom is 0.316 e. The number of ether oxygens (including phenoxy) is 1. The highest BCUT2D eigenvalue weighted by molar-refractivity contribution is 5.99. The molecule has 0 aromatic heterocycles. The van der Waals surface area contributed by atoms with Gasteiger partial charge in [-0.2, -0.15) is 0 Å². The van der Waals surface area contributed by atoms with Gasteiger partial charge in [-0.25, -0.2) is 0 Å². The van der Waals surface area contributed by atoms with Crippen LogP contribution in [0.4, 0.5) is 0 Å². The molecule has 1 aliphatic carbocycles. The summed E-state index contributed by atoms with van der Waals surface area (Å²) < 4.78 is 4.93. The summed E-state index contributed by atoms with van der Waals surface area (Å²) in [6, 6.07) is 0. The molecule has 0 radical (unpaired) electrons. The second-order valence-electron chi connectivity index (χ2n) is 4.59. The molecule has 0 aliphatic heterocycles. The normalized spacial score (nSPS) is 17.6. The van der Waals surface area contributed by atoms with E-state index in [2.05, 4.69) is 0 Å². The van der Waals surface area contributed by atoms with Crippen LogP contribution in [0.2, 0.25) is 0 Å². The highest BCUT2D eigenvalue weighted by Gasteiger charge is 2.34. The van der Waals surface area contributed by atoms with Crippen molar-refractivity contribution in [3.63, 3.8) is 0 Å². The highest BCUT2D eigenvalue weighted by Crippen LogP contribution is 2.34. The van der Waals surface area contributed by atoms with Crippen LogP contribution >= 0.6 is 0 Å². The van der Waals surface area contributed by atoms with Gasteiger partial charge in [-0.1, -0.05) is 13.8 Å². The maximum absolute atomic E-state index is 11.9. The summed E-state index contributed by atoms with van der Waals surface area (Å²) in [5.41, 5.74) is 0. The standard InChI is InChI=1S/C12H20O3/c1-4-15-12(14)11(8(2)3)10(13)7-9-5-6-9/h8-9,11H,4-7H2,1-3H3. The molecule has 1 saturated carbocycles. The van der Waals surface area contributed by atoms with Crippen LogP contribution in [0.15, 0.2) is 0 Å². The van der Waals surface area contributed by atoms with Gasteiger partial charge in [0.2, 0.25) is 0 Å². The molecule has 0 aromatic rings. The zero-order chi connectivity index (χ0) is 11.4. The SMILES string of the molecule is CCOC(=O)C(C(=O)CC1CC1)C(C)C. The minimum absolute atomic E-state index is 0.0373. The average molecular weight is 212 g/mol. The molecule has 0 bridgehead atoms. The van der Waals surface area contributed by atoms with Gasteiger partial charge in [0.25, 0.3) is 0 Å². The van der Waals surface area contributed by atoms with Gasteiger partial charge in [0.15, 0.2) is 0 Å². The van der Waals surface area contributed by atoms with Gasteiger partial charge in [0.05, 0.1) is 6.61 Å². The van der Waals surface area contributed by atoms with Crippen molar-refractivity contribution in [2.24, 2.45) is 17.8 Å². The molecule has 0 heterocycles. The van der Waals surface area contributed by atoms with Gasteiger partial charge < -0.3 is 4.74 Å². The van der Waals surface area contributed by atoms with Crippen LogP contribution in [0.3, 0.4) is 0 Å². The molecule has 3 heteroatoms. The van der Waals surface area contributed by atoms with Crippen LogP contribution in [0.5, 0.6) is 0 Å². The van der Waals surface area contributed by atoms with Crippen LogP contribution in [-0.4, -0.2) is 18.4 Å². The molecule has 15 heavy (non-hydrogen) atoms. The smallest absolute Gasteiger partial charge is 0.316 e. The van der Waals surface area contributed by atoms with Gasteiger partial charge >= 0.3 is 5.97 Å². The molecule has 1 fully saturated rings. The van der Waals surface area contributed by atoms with E-state index in [0.29, 0.717) is 18.9 Å². The van der Waals surface area contributed by atoms with Gasteiger partial charge in [0, 0.05) is 6.42 Å². The first-order valence-electron chi connectivity index (χ1n) is 5.75. The summed E-state index contributed by atoms with van der Waals surface area (Å²) in [5, 5.41) is 0. The van der Waals surface area contributed by atoms with Gasteiger partial charge in [-0.05, 0) is 31.6 Å². The summed E-state index contributed by atoms with van der Waals surface area (Å²) in [7, 11) is 0. The van der Waals surface area contributed by atoms with E-state index >= 15 is 0 Å². The number of hydrogen-bond acceptors (Lipinski definition) is 3. The summed E-state index contributed by atoms with van der Waals surface area (Å²) in [5.74, 6) is -0.266. The molecule has 3 nitrogen and oxygen atoms in total. The van der Waals surface area contributed by atoms with Crippen molar-refractivity contribution in [3.05, 3.63) is 0 Å². The molecule has 86 valence electrons. The van der Waals surface area contributed by atoms with Gasteiger partial charge in [-0.3, -0.25) is 9.59 Å². The Bertz CT molecular complexity index is 241. The number of carbonyl (C=O) groups is 2. The Morgan fingerprint density at radius 1 is 1.33 bits per heavy atom. The molecule has 1 aliphatic rings. The predicted octanol–water partition coefficient (Wildman–Crippen LogP) is 2.19. The number of Topliss-reactive ketones (excluding diaryl/α,β-unsaturated/α-hetero) is 1. The maximum atomic E-state index is 11.9. The Balaban J connectivity index is 2.54. The Labute approximate surface area is 91.2 Å². The van der Waals surface area contributed by atoms with Crippen molar-refractivity contribution in [2.75, 3.05) is 6.61 Å². The van der Waals surface area contributed by atoms with Gasteiger partial charge in [0.1, 0.15) is 11.7 Å². The van der Waals surface area contributed by atoms with E-state index in [1.165, 1.54) is 0 Å². The van der Waals surface area contributed by atoms with Crippen molar-refractivity contribution in [1.82, 2.24) is 0 Å². The molecule has 0 aromatic carbocycles. The van der Waals surface area contributed by atoms with Crippen LogP contribution in [-0.2, 0) is 14.3 Å². The third-order valence-electron chi connectivity index (χ3n) is 2.74. The molecule has 1 unspecified atom stereocenters. The molecule has 0 spiro atoms. The Hall–Kier alpha value is -0.860. The van der Waals surface area contributed by atoms with E-state index in [-0.39, 0.29) is 17.7 Å². The number of hydrogen-bond donors (Lipinski definition) is 0. The first kappa shape index (κ1) is 12.2. The van der Waals surface area contributed by atoms with Crippen LogP contribution in [0, 0.1) is 17.8 Å². The fourth-order valence-electron chi connectivity index (χ4n) is 1.74. The number of esters is 1. The second kappa shape index (κ2) is 5.29. The summed E-state index contributed by atoms with van der Waals surface area (Å²) in [6.07, 6.45) is 2.83. The minimum Gasteiger partial charge on any atom is -0.465 e. The molecule has 0 saturated heterocycles. The van der Waals surface area contributed by atoms with E-state index in [1.807, 2.05) is 13.8 Å². The van der Waals surface area contributed by atoms with E-state index in [0.717, 1.165) is 12.8 Å². The predicted molar refractivity (Wildman–Crippen MR) is 57.3 cm³/mol. The zero-order valence-electron chi connectivity index (χ0n) is 9.79. The monoisotopic (exact) mass is 212 g/mol. The zero-order valence-corrected chi connectivity index (χ0v) is 9.79. The fourth-order valence-corrected chi connectivity index (χ4v) is 1.74. The largest absolute Gasteiger partial charge is 0.465 e. The Kier molecular flexibility index (Phi) is 4.30. The first-order valence-corrected chi connectivity index (χ1v) is 5.75. The minimum atomic E-state index is -0.550. The quantitative estimate of drug-likeness (QED) is 0.500. The third-order valence-corrected chi connectivity index (χ3v) is 2.74. The lowest BCUT2D eigenvalue weighted by molar-refractivity contribution is -0.153. The molecule has 1 atom stereocenters. The van der Waals surface area contributed by atoms with Crippen molar-refractivity contribution in [2.45, 2.75) is 40.0 Å². The number of ketones is 1. The molecule has 1 rings (SSSR count). The van der Waals surface area contributed by atoms with Crippen molar-refractivity contribution < 1.29 is 14.3 Å². The van der Waals surface area contributed by atoms with Crippen LogP contribution in [0.1, 0.15) is 40.0 Å². The lowest BCUT2D eigenvalue weighted by Crippen LogP contribution is -2.30. The summed E-state index contributed by atoms with van der Waals surface area (Å²) in [6.45, 7) is 5.90. The van der Waals surface area contributed by atoms with Gasteiger partial charge in [-0.15, -0.1) is 0 Å².